The molecule has 29 heavy (non-hydrogen) atoms. The zero-order valence-corrected chi connectivity index (χ0v) is 16.8. The van der Waals surface area contributed by atoms with E-state index in [-0.39, 0.29) is 42.3 Å². The minimum absolute atomic E-state index is 0.0162. The van der Waals surface area contributed by atoms with Crippen molar-refractivity contribution in [2.75, 3.05) is 24.5 Å². The van der Waals surface area contributed by atoms with Crippen LogP contribution in [0.4, 0.5) is 10.5 Å². The summed E-state index contributed by atoms with van der Waals surface area (Å²) in [6.45, 7) is 5.04. The van der Waals surface area contributed by atoms with E-state index in [0.717, 1.165) is 19.3 Å². The van der Waals surface area contributed by atoms with Crippen LogP contribution in [0, 0.1) is 5.92 Å². The smallest absolute Gasteiger partial charge is 0.329 e. The zero-order chi connectivity index (χ0) is 20.7. The highest BCUT2D eigenvalue weighted by Crippen LogP contribution is 2.31. The number of carbonyl (C=O) groups is 4. The second-order valence-corrected chi connectivity index (χ2v) is 8.13. The number of amides is 5. The Morgan fingerprint density at radius 1 is 0.966 bits per heavy atom. The van der Waals surface area contributed by atoms with E-state index >= 15 is 0 Å². The highest BCUT2D eigenvalue weighted by molar-refractivity contribution is 6.12. The number of hydrogen-bond acceptors (Lipinski definition) is 4. The first-order chi connectivity index (χ1) is 13.9. The largest absolute Gasteiger partial charge is 0.336 e. The number of piperazine rings is 1. The molecule has 1 saturated carbocycles. The van der Waals surface area contributed by atoms with Crippen LogP contribution in [-0.4, -0.2) is 65.3 Å². The molecule has 5 amide bonds. The van der Waals surface area contributed by atoms with Gasteiger partial charge in [-0.1, -0.05) is 6.42 Å². The van der Waals surface area contributed by atoms with Gasteiger partial charge in [0.2, 0.25) is 11.8 Å². The fraction of sp³-hybridized carbons (Fsp3) is 0.524. The van der Waals surface area contributed by atoms with Gasteiger partial charge in [0.1, 0.15) is 6.54 Å². The van der Waals surface area contributed by atoms with Gasteiger partial charge in [0.15, 0.2) is 0 Å². The first-order valence-corrected chi connectivity index (χ1v) is 10.2. The van der Waals surface area contributed by atoms with Gasteiger partial charge in [-0.25, -0.2) is 4.79 Å². The molecule has 8 nitrogen and oxygen atoms in total. The van der Waals surface area contributed by atoms with Gasteiger partial charge in [-0.3, -0.25) is 24.6 Å². The number of nitrogens with one attached hydrogen (secondary N) is 1. The van der Waals surface area contributed by atoms with E-state index < -0.39 is 6.03 Å². The van der Waals surface area contributed by atoms with Gasteiger partial charge in [0.05, 0.1) is 0 Å². The minimum Gasteiger partial charge on any atom is -0.336 e. The van der Waals surface area contributed by atoms with E-state index in [9.17, 15) is 19.2 Å². The van der Waals surface area contributed by atoms with Crippen LogP contribution >= 0.6 is 0 Å². The van der Waals surface area contributed by atoms with Gasteiger partial charge in [0, 0.05) is 42.3 Å². The molecule has 0 spiro atoms. The van der Waals surface area contributed by atoms with Gasteiger partial charge < -0.3 is 9.80 Å². The highest BCUT2D eigenvalue weighted by atomic mass is 16.2. The molecule has 2 saturated heterocycles. The lowest BCUT2D eigenvalue weighted by molar-refractivity contribution is -0.143. The van der Waals surface area contributed by atoms with Crippen molar-refractivity contribution in [3.8, 4) is 0 Å². The number of hydrogen-bond donors (Lipinski definition) is 1. The van der Waals surface area contributed by atoms with E-state index in [4.69, 9.17) is 0 Å². The van der Waals surface area contributed by atoms with Gasteiger partial charge >= 0.3 is 6.03 Å². The summed E-state index contributed by atoms with van der Waals surface area (Å²) < 4.78 is 0. The van der Waals surface area contributed by atoms with Crippen LogP contribution in [0.3, 0.4) is 0 Å². The average Bonchev–Trinajstić information content (AvgIpc) is 3.00. The Morgan fingerprint density at radius 3 is 2.14 bits per heavy atom. The number of imide groups is 1. The molecule has 1 aromatic rings. The van der Waals surface area contributed by atoms with Crippen LogP contribution in [0.25, 0.3) is 0 Å². The molecule has 2 heterocycles. The van der Waals surface area contributed by atoms with Crippen LogP contribution in [0.2, 0.25) is 0 Å². The molecule has 8 heteroatoms. The van der Waals surface area contributed by atoms with Crippen LogP contribution in [0.5, 0.6) is 0 Å². The first-order valence-electron chi connectivity index (χ1n) is 10.2. The molecule has 1 N–H and O–H groups in total. The Balaban J connectivity index is 1.43. The zero-order valence-electron chi connectivity index (χ0n) is 16.8. The van der Waals surface area contributed by atoms with Crippen LogP contribution in [0.15, 0.2) is 24.3 Å². The van der Waals surface area contributed by atoms with Crippen molar-refractivity contribution in [2.45, 2.75) is 45.2 Å². The average molecular weight is 398 g/mol. The number of benzene rings is 1. The summed E-state index contributed by atoms with van der Waals surface area (Å²) in [6, 6.07) is 6.14. The molecule has 0 radical (unpaired) electrons. The monoisotopic (exact) mass is 398 g/mol. The maximum absolute atomic E-state index is 13.1. The Hall–Kier alpha value is -2.90. The van der Waals surface area contributed by atoms with E-state index in [1.54, 1.807) is 24.3 Å². The standard InChI is InChI=1S/C21H26N4O4/c1-13-14(2)24(11-10-23(13)19(27)15-4-3-5-15)20(28)16-6-8-17(9-7-16)25-12-18(26)22-21(25)29/h6-9,13-15H,3-5,10-12H2,1-2H3,(H,22,26,29)/t13-,14+/m1/s1. The minimum atomic E-state index is -0.455. The van der Waals surface area contributed by atoms with Gasteiger partial charge in [-0.2, -0.15) is 0 Å². The molecule has 0 aromatic heterocycles. The predicted octanol–water partition coefficient (Wildman–Crippen LogP) is 1.60. The Labute approximate surface area is 169 Å². The Morgan fingerprint density at radius 2 is 1.59 bits per heavy atom. The van der Waals surface area contributed by atoms with Crippen molar-refractivity contribution in [1.82, 2.24) is 15.1 Å². The molecule has 3 aliphatic rings. The lowest BCUT2D eigenvalue weighted by Gasteiger charge is -2.46. The summed E-state index contributed by atoms with van der Waals surface area (Å²) in [5, 5.41) is 2.24. The first kappa shape index (κ1) is 19.4. The fourth-order valence-corrected chi connectivity index (χ4v) is 4.23. The SMILES string of the molecule is C[C@@H]1[C@H](C)N(C(=O)c2ccc(N3CC(=O)NC3=O)cc2)CCN1C(=O)C1CCC1. The van der Waals surface area contributed by atoms with E-state index in [2.05, 4.69) is 5.32 Å². The van der Waals surface area contributed by atoms with Crippen molar-refractivity contribution >= 4 is 29.4 Å². The molecule has 0 unspecified atom stereocenters. The molecule has 2 aliphatic heterocycles. The quantitative estimate of drug-likeness (QED) is 0.783. The summed E-state index contributed by atoms with van der Waals surface area (Å²) in [6.07, 6.45) is 3.08. The third kappa shape index (κ3) is 3.47. The van der Waals surface area contributed by atoms with Crippen molar-refractivity contribution in [1.29, 1.82) is 0 Å². The molecular formula is C21H26N4O4. The third-order valence-electron chi connectivity index (χ3n) is 6.48. The van der Waals surface area contributed by atoms with Gasteiger partial charge in [-0.05, 0) is 51.0 Å². The maximum atomic E-state index is 13.1. The summed E-state index contributed by atoms with van der Waals surface area (Å²) in [4.78, 5) is 53.9. The molecule has 1 aliphatic carbocycles. The Bertz CT molecular complexity index is 849. The topological polar surface area (TPSA) is 90.0 Å². The van der Waals surface area contributed by atoms with Crippen molar-refractivity contribution < 1.29 is 19.2 Å². The molecular weight excluding hydrogens is 372 g/mol. The summed E-state index contributed by atoms with van der Waals surface area (Å²) in [5.41, 5.74) is 1.10. The van der Waals surface area contributed by atoms with Crippen molar-refractivity contribution in [2.24, 2.45) is 5.92 Å². The van der Waals surface area contributed by atoms with Crippen molar-refractivity contribution in [3.05, 3.63) is 29.8 Å². The molecule has 154 valence electrons. The predicted molar refractivity (Wildman–Crippen MR) is 106 cm³/mol. The third-order valence-corrected chi connectivity index (χ3v) is 6.48. The van der Waals surface area contributed by atoms with Crippen LogP contribution in [-0.2, 0) is 9.59 Å². The number of rotatable bonds is 3. The molecule has 3 fully saturated rings. The lowest BCUT2D eigenvalue weighted by atomic mass is 9.83. The van der Waals surface area contributed by atoms with E-state index in [0.29, 0.717) is 24.3 Å². The molecule has 4 rings (SSSR count). The van der Waals surface area contributed by atoms with E-state index in [1.165, 1.54) is 4.90 Å². The van der Waals surface area contributed by atoms with Gasteiger partial charge in [0.25, 0.3) is 5.91 Å². The van der Waals surface area contributed by atoms with Crippen molar-refractivity contribution in [3.63, 3.8) is 0 Å². The molecule has 2 atom stereocenters. The number of anilines is 1. The fourth-order valence-electron chi connectivity index (χ4n) is 4.23. The van der Waals surface area contributed by atoms with Crippen LogP contribution < -0.4 is 10.2 Å². The normalized spacial score (nSPS) is 25.1. The second kappa shape index (κ2) is 7.50. The summed E-state index contributed by atoms with van der Waals surface area (Å²) >= 11 is 0. The lowest BCUT2D eigenvalue weighted by Crippen LogP contribution is -2.61. The number of urea groups is 1. The van der Waals surface area contributed by atoms with E-state index in [1.807, 2.05) is 23.6 Å². The summed E-state index contributed by atoms with van der Waals surface area (Å²) in [5.74, 6) is -0.0412. The van der Waals surface area contributed by atoms with Crippen LogP contribution in [0.1, 0.15) is 43.5 Å². The number of carbonyl (C=O) groups excluding carboxylic acids is 4. The summed E-state index contributed by atoms with van der Waals surface area (Å²) in [7, 11) is 0. The highest BCUT2D eigenvalue weighted by Gasteiger charge is 2.39. The Kier molecular flexibility index (Phi) is 5.02. The molecule has 1 aromatic carbocycles. The van der Waals surface area contributed by atoms with Gasteiger partial charge in [-0.15, -0.1) is 0 Å². The molecule has 0 bridgehead atoms. The maximum Gasteiger partial charge on any atom is 0.329 e. The second-order valence-electron chi connectivity index (χ2n) is 8.13. The number of nitrogens with zero attached hydrogens (tertiary/aromatic N) is 3.